The van der Waals surface area contributed by atoms with Crippen molar-refractivity contribution in [2.24, 2.45) is 0 Å². The van der Waals surface area contributed by atoms with Crippen molar-refractivity contribution >= 4 is 29.7 Å². The number of rotatable bonds is 40. The van der Waals surface area contributed by atoms with Gasteiger partial charge in [-0.25, -0.2) is 4.57 Å². The van der Waals surface area contributed by atoms with Gasteiger partial charge in [0.15, 0.2) is 6.29 Å². The first-order chi connectivity index (χ1) is 37.4. The number of hydrogen-bond donors (Lipinski definition) is 0. The molecule has 5 aromatic rings. The highest BCUT2D eigenvalue weighted by Gasteiger charge is 2.49. The van der Waals surface area contributed by atoms with Gasteiger partial charge in [-0.2, -0.15) is 0 Å². The molecule has 1 unspecified atom stereocenters. The molecule has 5 aromatic carbocycles. The number of ether oxygens (including phenoxy) is 7. The molecular formula is C62H82BrO12P. The lowest BCUT2D eigenvalue weighted by Gasteiger charge is -2.46. The molecule has 1 heterocycles. The second-order valence-electron chi connectivity index (χ2n) is 19.3. The summed E-state index contributed by atoms with van der Waals surface area (Å²) >= 11 is 3.36. The Morgan fingerprint density at radius 2 is 0.934 bits per heavy atom. The maximum atomic E-state index is 14.2. The van der Waals surface area contributed by atoms with E-state index in [9.17, 15) is 9.36 Å². The molecule has 1 saturated heterocycles. The van der Waals surface area contributed by atoms with E-state index in [0.717, 1.165) is 47.1 Å². The number of phosphoric acid groups is 1. The number of esters is 1. The van der Waals surface area contributed by atoms with E-state index in [0.29, 0.717) is 18.4 Å². The van der Waals surface area contributed by atoms with Crippen molar-refractivity contribution in [1.29, 1.82) is 0 Å². The number of unbranched alkanes of at least 4 members (excludes halogenated alkanes) is 12. The quantitative estimate of drug-likeness (QED) is 0.0160. The molecule has 0 aromatic heterocycles. The topological polar surface area (TPSA) is 126 Å². The fourth-order valence-corrected chi connectivity index (χ4v) is 10.5. The predicted octanol–water partition coefficient (Wildman–Crippen LogP) is 14.8. The van der Waals surface area contributed by atoms with Crippen LogP contribution in [-0.2, 0) is 89.1 Å². The molecule has 0 spiro atoms. The van der Waals surface area contributed by atoms with E-state index in [1.165, 1.54) is 57.8 Å². The SMILES string of the molecule is CCCCCCCCCCCCCCCC(=O)O[C@@H](CO[C@@H]1O[C@H](COCc2ccccc2)[C@@H](OCc2ccccc2)[C@H](OCc2ccccc2)[C@H]1OCc1ccccc1)COP(=O)(OCCBr)OCc1ccccc1. The van der Waals surface area contributed by atoms with Crippen molar-refractivity contribution in [3.8, 4) is 0 Å². The molecule has 14 heteroatoms. The van der Waals surface area contributed by atoms with Crippen LogP contribution in [0.1, 0.15) is 125 Å². The summed E-state index contributed by atoms with van der Waals surface area (Å²) in [5.41, 5.74) is 4.65. The van der Waals surface area contributed by atoms with Crippen LogP contribution in [0.5, 0.6) is 0 Å². The Hall–Kier alpha value is -4.08. The first-order valence-electron chi connectivity index (χ1n) is 27.6. The third-order valence-electron chi connectivity index (χ3n) is 13.0. The van der Waals surface area contributed by atoms with E-state index in [1.807, 2.05) is 152 Å². The summed E-state index contributed by atoms with van der Waals surface area (Å²) in [7, 11) is -4.19. The van der Waals surface area contributed by atoms with E-state index in [-0.39, 0.29) is 59.3 Å². The smallest absolute Gasteiger partial charge is 0.457 e. The minimum atomic E-state index is -4.19. The van der Waals surface area contributed by atoms with Gasteiger partial charge in [0.05, 0.1) is 59.5 Å². The molecule has 0 amide bonds. The van der Waals surface area contributed by atoms with Crippen LogP contribution < -0.4 is 0 Å². The summed E-state index contributed by atoms with van der Waals surface area (Å²) in [6.07, 6.45) is 10.5. The average molecular weight is 1130 g/mol. The molecule has 0 saturated carbocycles. The van der Waals surface area contributed by atoms with Gasteiger partial charge in [0.1, 0.15) is 30.5 Å². The summed E-state index contributed by atoms with van der Waals surface area (Å²) in [6.45, 7) is 2.86. The summed E-state index contributed by atoms with van der Waals surface area (Å²) in [5.74, 6) is -0.422. The Morgan fingerprint density at radius 3 is 1.42 bits per heavy atom. The lowest BCUT2D eigenvalue weighted by Crippen LogP contribution is -2.62. The fraction of sp³-hybridized carbons (Fsp3) is 0.500. The fourth-order valence-electron chi connectivity index (χ4n) is 8.89. The standard InChI is InChI=1S/C62H82BrO12P/c1-2-3-4-5-6-7-8-9-10-11-12-13-29-40-58(64)74-56(49-73-76(65,71-42-41-63)72-47-55-38-27-18-28-39-55)48-70-62-61(69-46-54-36-25-17-26-37-54)60(68-45-53-34-23-16-24-35-53)59(67-44-52-32-21-15-22-33-52)57(75-62)50-66-43-51-30-19-14-20-31-51/h14-28,30-39,56-57,59-62H,2-13,29,40-50H2,1H3/t56-,57+,59+,60-,61+,62+,76?/m0/s1. The summed E-state index contributed by atoms with van der Waals surface area (Å²) in [4.78, 5) is 13.7. The van der Waals surface area contributed by atoms with Gasteiger partial charge in [0.2, 0.25) is 0 Å². The number of phosphoric ester groups is 1. The molecule has 7 atom stereocenters. The molecule has 0 N–H and O–H groups in total. The van der Waals surface area contributed by atoms with Crippen molar-refractivity contribution in [2.45, 2.75) is 167 Å². The van der Waals surface area contributed by atoms with Crippen LogP contribution in [-0.4, -0.2) is 74.5 Å². The number of carbonyl (C=O) groups excluding carboxylic acids is 1. The van der Waals surface area contributed by atoms with Crippen molar-refractivity contribution in [3.63, 3.8) is 0 Å². The normalized spacial score (nSPS) is 18.7. The van der Waals surface area contributed by atoms with Crippen LogP contribution in [0.2, 0.25) is 0 Å². The van der Waals surface area contributed by atoms with Gasteiger partial charge >= 0.3 is 13.8 Å². The summed E-state index contributed by atoms with van der Waals surface area (Å²) in [5, 5.41) is 0.388. The first kappa shape index (κ1) is 61.1. The average Bonchev–Trinajstić information content (AvgIpc) is 3.46. The molecule has 76 heavy (non-hydrogen) atoms. The zero-order valence-corrected chi connectivity index (χ0v) is 47.1. The highest BCUT2D eigenvalue weighted by atomic mass is 79.9. The Labute approximate surface area is 461 Å². The molecule has 1 aliphatic heterocycles. The zero-order chi connectivity index (χ0) is 53.1. The maximum absolute atomic E-state index is 14.2. The van der Waals surface area contributed by atoms with Crippen LogP contribution in [0, 0.1) is 0 Å². The molecule has 0 aliphatic carbocycles. The van der Waals surface area contributed by atoms with Gasteiger partial charge in [-0.3, -0.25) is 18.4 Å². The molecule has 0 bridgehead atoms. The monoisotopic (exact) mass is 1130 g/mol. The van der Waals surface area contributed by atoms with E-state index in [2.05, 4.69) is 22.9 Å². The Morgan fingerprint density at radius 1 is 0.500 bits per heavy atom. The summed E-state index contributed by atoms with van der Waals surface area (Å²) in [6, 6.07) is 49.0. The minimum absolute atomic E-state index is 0.0254. The number of hydrogen-bond acceptors (Lipinski definition) is 12. The van der Waals surface area contributed by atoms with Crippen LogP contribution in [0.25, 0.3) is 0 Å². The van der Waals surface area contributed by atoms with Crippen molar-refractivity contribution < 1.29 is 56.1 Å². The molecule has 1 fully saturated rings. The van der Waals surface area contributed by atoms with E-state index in [4.69, 9.17) is 46.7 Å². The van der Waals surface area contributed by atoms with E-state index < -0.39 is 50.6 Å². The third-order valence-corrected chi connectivity index (χ3v) is 14.8. The maximum Gasteiger partial charge on any atom is 0.475 e. The molecule has 414 valence electrons. The van der Waals surface area contributed by atoms with E-state index in [1.54, 1.807) is 0 Å². The molecule has 6 rings (SSSR count). The van der Waals surface area contributed by atoms with Gasteiger partial charge in [0.25, 0.3) is 0 Å². The van der Waals surface area contributed by atoms with Crippen LogP contribution in [0.3, 0.4) is 0 Å². The van der Waals surface area contributed by atoms with Crippen molar-refractivity contribution in [1.82, 2.24) is 0 Å². The van der Waals surface area contributed by atoms with Gasteiger partial charge < -0.3 is 33.2 Å². The van der Waals surface area contributed by atoms with E-state index >= 15 is 0 Å². The Balaban J connectivity index is 1.21. The second kappa shape index (κ2) is 36.9. The lowest BCUT2D eigenvalue weighted by atomic mass is 9.97. The number of carbonyl (C=O) groups is 1. The largest absolute Gasteiger partial charge is 0.475 e. The minimum Gasteiger partial charge on any atom is -0.457 e. The Kier molecular flexibility index (Phi) is 29.7. The first-order valence-corrected chi connectivity index (χ1v) is 30.2. The highest BCUT2D eigenvalue weighted by molar-refractivity contribution is 9.09. The lowest BCUT2D eigenvalue weighted by molar-refractivity contribution is -0.331. The summed E-state index contributed by atoms with van der Waals surface area (Å²) < 4.78 is 78.7. The predicted molar refractivity (Wildman–Crippen MR) is 300 cm³/mol. The van der Waals surface area contributed by atoms with Gasteiger partial charge in [-0.15, -0.1) is 0 Å². The molecule has 0 radical (unpaired) electrons. The van der Waals surface area contributed by atoms with Crippen LogP contribution in [0.15, 0.2) is 152 Å². The van der Waals surface area contributed by atoms with Gasteiger partial charge in [-0.1, -0.05) is 252 Å². The van der Waals surface area contributed by atoms with Crippen molar-refractivity contribution in [3.05, 3.63) is 179 Å². The number of alkyl halides is 1. The van der Waals surface area contributed by atoms with Gasteiger partial charge in [0, 0.05) is 11.8 Å². The number of halogens is 1. The Bertz CT molecular complexity index is 2280. The van der Waals surface area contributed by atoms with Crippen LogP contribution >= 0.6 is 23.8 Å². The van der Waals surface area contributed by atoms with Crippen molar-refractivity contribution in [2.75, 3.05) is 31.8 Å². The highest BCUT2D eigenvalue weighted by Crippen LogP contribution is 2.50. The zero-order valence-electron chi connectivity index (χ0n) is 44.6. The third kappa shape index (κ3) is 23.9. The molecular weight excluding hydrogens is 1050 g/mol. The molecule has 12 nitrogen and oxygen atoms in total. The second-order valence-corrected chi connectivity index (χ2v) is 21.8. The molecule has 1 aliphatic rings. The van der Waals surface area contributed by atoms with Gasteiger partial charge in [-0.05, 0) is 34.2 Å². The number of benzene rings is 5. The van der Waals surface area contributed by atoms with Crippen LogP contribution in [0.4, 0.5) is 0 Å².